The van der Waals surface area contributed by atoms with Gasteiger partial charge in [0.05, 0.1) is 21.4 Å². The summed E-state index contributed by atoms with van der Waals surface area (Å²) in [6.07, 6.45) is 0. The first-order chi connectivity index (χ1) is 9.31. The standard InChI is InChI=1S/C13H12Cl2N2O2S/c1-8-3-2-4-12(16)13(8)20(18,19)17-9-5-6-10(14)11(15)7-9/h2-7,17H,16H2,1H3. The second-order valence-electron chi connectivity index (χ2n) is 4.23. The van der Waals surface area contributed by atoms with Gasteiger partial charge in [-0.05, 0) is 36.8 Å². The highest BCUT2D eigenvalue weighted by molar-refractivity contribution is 7.93. The summed E-state index contributed by atoms with van der Waals surface area (Å²) in [7, 11) is -3.78. The second kappa shape index (κ2) is 5.52. The molecule has 7 heteroatoms. The molecule has 0 unspecified atom stereocenters. The van der Waals surface area contributed by atoms with E-state index in [-0.39, 0.29) is 15.6 Å². The van der Waals surface area contributed by atoms with E-state index in [2.05, 4.69) is 4.72 Å². The maximum atomic E-state index is 12.4. The zero-order valence-corrected chi connectivity index (χ0v) is 12.9. The number of anilines is 2. The van der Waals surface area contributed by atoms with Crippen LogP contribution in [0.4, 0.5) is 11.4 Å². The van der Waals surface area contributed by atoms with E-state index in [0.29, 0.717) is 16.3 Å². The fourth-order valence-electron chi connectivity index (χ4n) is 1.81. The Labute approximate surface area is 127 Å². The third-order valence-corrected chi connectivity index (χ3v) is 5.02. The first-order valence-corrected chi connectivity index (χ1v) is 7.88. The van der Waals surface area contributed by atoms with Gasteiger partial charge in [0, 0.05) is 0 Å². The summed E-state index contributed by atoms with van der Waals surface area (Å²) in [6.45, 7) is 1.68. The van der Waals surface area contributed by atoms with Gasteiger partial charge in [-0.3, -0.25) is 4.72 Å². The SMILES string of the molecule is Cc1cccc(N)c1S(=O)(=O)Nc1ccc(Cl)c(Cl)c1. The van der Waals surface area contributed by atoms with Crippen LogP contribution in [-0.2, 0) is 10.0 Å². The second-order valence-corrected chi connectivity index (χ2v) is 6.66. The quantitative estimate of drug-likeness (QED) is 0.843. The molecule has 0 amide bonds. The number of aryl methyl sites for hydroxylation is 1. The van der Waals surface area contributed by atoms with E-state index >= 15 is 0 Å². The molecule has 0 bridgehead atoms. The molecule has 0 aliphatic rings. The van der Waals surface area contributed by atoms with E-state index in [1.54, 1.807) is 19.1 Å². The minimum atomic E-state index is -3.78. The maximum Gasteiger partial charge on any atom is 0.264 e. The van der Waals surface area contributed by atoms with Gasteiger partial charge in [0.1, 0.15) is 4.90 Å². The minimum Gasteiger partial charge on any atom is -0.398 e. The smallest absolute Gasteiger partial charge is 0.264 e. The molecule has 0 aliphatic carbocycles. The van der Waals surface area contributed by atoms with Crippen LogP contribution in [0, 0.1) is 6.92 Å². The lowest BCUT2D eigenvalue weighted by Crippen LogP contribution is -2.16. The highest BCUT2D eigenvalue weighted by Crippen LogP contribution is 2.28. The van der Waals surface area contributed by atoms with Crippen LogP contribution in [0.2, 0.25) is 10.0 Å². The van der Waals surface area contributed by atoms with Crippen LogP contribution in [0.1, 0.15) is 5.56 Å². The fraction of sp³-hybridized carbons (Fsp3) is 0.0769. The molecule has 0 spiro atoms. The highest BCUT2D eigenvalue weighted by Gasteiger charge is 2.20. The van der Waals surface area contributed by atoms with E-state index in [0.717, 1.165) is 0 Å². The molecular weight excluding hydrogens is 319 g/mol. The number of nitrogen functional groups attached to an aromatic ring is 1. The van der Waals surface area contributed by atoms with Crippen molar-refractivity contribution in [3.63, 3.8) is 0 Å². The van der Waals surface area contributed by atoms with Crippen LogP contribution >= 0.6 is 23.2 Å². The number of benzene rings is 2. The average Bonchev–Trinajstić information content (AvgIpc) is 2.33. The fourth-order valence-corrected chi connectivity index (χ4v) is 3.52. The number of nitrogens with one attached hydrogen (secondary N) is 1. The molecule has 0 saturated heterocycles. The normalized spacial score (nSPS) is 11.3. The summed E-state index contributed by atoms with van der Waals surface area (Å²) in [5, 5.41) is 0.620. The summed E-state index contributed by atoms with van der Waals surface area (Å²) >= 11 is 11.6. The van der Waals surface area contributed by atoms with Crippen molar-refractivity contribution in [1.29, 1.82) is 0 Å². The zero-order valence-electron chi connectivity index (χ0n) is 10.5. The van der Waals surface area contributed by atoms with E-state index in [9.17, 15) is 8.42 Å². The number of sulfonamides is 1. The van der Waals surface area contributed by atoms with Gasteiger partial charge in [-0.2, -0.15) is 0 Å². The van der Waals surface area contributed by atoms with Gasteiger partial charge in [-0.15, -0.1) is 0 Å². The lowest BCUT2D eigenvalue weighted by molar-refractivity contribution is 0.601. The van der Waals surface area contributed by atoms with E-state index < -0.39 is 10.0 Å². The van der Waals surface area contributed by atoms with E-state index in [1.165, 1.54) is 24.3 Å². The Morgan fingerprint density at radius 2 is 1.80 bits per heavy atom. The van der Waals surface area contributed by atoms with Crippen LogP contribution in [-0.4, -0.2) is 8.42 Å². The van der Waals surface area contributed by atoms with Gasteiger partial charge in [0.15, 0.2) is 0 Å². The Morgan fingerprint density at radius 1 is 1.10 bits per heavy atom. The molecule has 2 aromatic rings. The summed E-state index contributed by atoms with van der Waals surface area (Å²) < 4.78 is 27.2. The van der Waals surface area contributed by atoms with Crippen molar-refractivity contribution in [2.75, 3.05) is 10.5 Å². The Balaban J connectivity index is 2.43. The molecule has 0 aromatic heterocycles. The van der Waals surface area contributed by atoms with Gasteiger partial charge in [-0.1, -0.05) is 35.3 Å². The monoisotopic (exact) mass is 330 g/mol. The molecule has 0 saturated carbocycles. The van der Waals surface area contributed by atoms with Gasteiger partial charge in [-0.25, -0.2) is 8.42 Å². The third kappa shape index (κ3) is 3.00. The lowest BCUT2D eigenvalue weighted by Gasteiger charge is -2.12. The van der Waals surface area contributed by atoms with Crippen molar-refractivity contribution in [3.8, 4) is 0 Å². The van der Waals surface area contributed by atoms with Gasteiger partial charge in [0.25, 0.3) is 10.0 Å². The summed E-state index contributed by atoms with van der Waals surface area (Å²) in [4.78, 5) is 0.0612. The van der Waals surface area contributed by atoms with Gasteiger partial charge < -0.3 is 5.73 Å². The summed E-state index contributed by atoms with van der Waals surface area (Å²) in [6, 6.07) is 9.40. The van der Waals surface area contributed by atoms with Crippen molar-refractivity contribution in [1.82, 2.24) is 0 Å². The molecule has 0 fully saturated rings. The molecule has 106 valence electrons. The van der Waals surface area contributed by atoms with Gasteiger partial charge in [0.2, 0.25) is 0 Å². The Morgan fingerprint density at radius 3 is 2.40 bits per heavy atom. The molecule has 0 atom stereocenters. The van der Waals surface area contributed by atoms with Crippen molar-refractivity contribution >= 4 is 44.6 Å². The summed E-state index contributed by atoms with van der Waals surface area (Å²) in [5.41, 5.74) is 6.83. The molecule has 0 radical (unpaired) electrons. The lowest BCUT2D eigenvalue weighted by atomic mass is 10.2. The first kappa shape index (κ1) is 15.0. The number of hydrogen-bond donors (Lipinski definition) is 2. The highest BCUT2D eigenvalue weighted by atomic mass is 35.5. The molecule has 2 rings (SSSR count). The van der Waals surface area contributed by atoms with E-state index in [4.69, 9.17) is 28.9 Å². The van der Waals surface area contributed by atoms with Crippen molar-refractivity contribution in [2.24, 2.45) is 0 Å². The van der Waals surface area contributed by atoms with E-state index in [1.807, 2.05) is 0 Å². The van der Waals surface area contributed by atoms with Crippen molar-refractivity contribution in [2.45, 2.75) is 11.8 Å². The third-order valence-electron chi connectivity index (χ3n) is 2.68. The molecule has 0 aliphatic heterocycles. The molecule has 4 nitrogen and oxygen atoms in total. The van der Waals surface area contributed by atoms with Crippen molar-refractivity contribution in [3.05, 3.63) is 52.0 Å². The van der Waals surface area contributed by atoms with Crippen LogP contribution in [0.25, 0.3) is 0 Å². The van der Waals surface area contributed by atoms with Crippen LogP contribution in [0.3, 0.4) is 0 Å². The molecule has 20 heavy (non-hydrogen) atoms. The zero-order chi connectivity index (χ0) is 14.9. The number of hydrogen-bond acceptors (Lipinski definition) is 3. The Kier molecular flexibility index (Phi) is 4.13. The maximum absolute atomic E-state index is 12.4. The van der Waals surface area contributed by atoms with Crippen molar-refractivity contribution < 1.29 is 8.42 Å². The minimum absolute atomic E-state index is 0.0612. The number of nitrogens with two attached hydrogens (primary N) is 1. The van der Waals surface area contributed by atoms with Gasteiger partial charge >= 0.3 is 0 Å². The number of halogens is 2. The largest absolute Gasteiger partial charge is 0.398 e. The predicted molar refractivity (Wildman–Crippen MR) is 82.9 cm³/mol. The molecule has 0 heterocycles. The van der Waals surface area contributed by atoms with Crippen LogP contribution in [0.15, 0.2) is 41.3 Å². The Bertz CT molecular complexity index is 741. The first-order valence-electron chi connectivity index (χ1n) is 5.64. The summed E-state index contributed by atoms with van der Waals surface area (Å²) in [5.74, 6) is 0. The Hall–Kier alpha value is -1.43. The average molecular weight is 331 g/mol. The molecular formula is C13H12Cl2N2O2S. The molecule has 3 N–H and O–H groups in total. The molecule has 2 aromatic carbocycles. The number of rotatable bonds is 3. The van der Waals surface area contributed by atoms with Crippen LogP contribution < -0.4 is 10.5 Å². The topological polar surface area (TPSA) is 72.2 Å². The van der Waals surface area contributed by atoms with Crippen LogP contribution in [0.5, 0.6) is 0 Å². The predicted octanol–water partition coefficient (Wildman–Crippen LogP) is 3.68.